The van der Waals surface area contributed by atoms with E-state index in [9.17, 15) is 5.11 Å². The molecular weight excluding hydrogens is 312 g/mol. The van der Waals surface area contributed by atoms with Crippen molar-refractivity contribution in [2.75, 3.05) is 6.61 Å². The molecule has 0 spiro atoms. The molecule has 1 N–H and O–H groups in total. The third-order valence-electron chi connectivity index (χ3n) is 4.60. The van der Waals surface area contributed by atoms with Crippen molar-refractivity contribution in [3.05, 3.63) is 41.0 Å². The highest BCUT2D eigenvalue weighted by atomic mass is 16.2. The van der Waals surface area contributed by atoms with E-state index >= 15 is 0 Å². The molecule has 3 heterocycles. The lowest BCUT2D eigenvalue weighted by Crippen LogP contribution is -2.03. The van der Waals surface area contributed by atoms with Gasteiger partial charge in [-0.2, -0.15) is 0 Å². The van der Waals surface area contributed by atoms with E-state index in [1.165, 1.54) is 0 Å². The molecule has 0 aliphatic rings. The molecule has 0 atom stereocenters. The predicted octanol–water partition coefficient (Wildman–Crippen LogP) is 3.56. The summed E-state index contributed by atoms with van der Waals surface area (Å²) in [6.07, 6.45) is 3.46. The lowest BCUT2D eigenvalue weighted by molar-refractivity contribution is 0.300. The highest BCUT2D eigenvalue weighted by Crippen LogP contribution is 2.28. The highest BCUT2D eigenvalue weighted by molar-refractivity contribution is 5.80. The highest BCUT2D eigenvalue weighted by Gasteiger charge is 2.17. The van der Waals surface area contributed by atoms with E-state index in [0.717, 1.165) is 51.5 Å². The monoisotopic (exact) mass is 338 g/mol. The van der Waals surface area contributed by atoms with Crippen LogP contribution in [0, 0.1) is 6.92 Å². The maximum absolute atomic E-state index is 9.26. The summed E-state index contributed by atoms with van der Waals surface area (Å²) >= 11 is 0. The lowest BCUT2D eigenvalue weighted by Gasteiger charge is -2.13. The normalized spacial score (nSPS) is 11.6. The van der Waals surface area contributed by atoms with Crippen molar-refractivity contribution in [2.45, 2.75) is 46.5 Å². The van der Waals surface area contributed by atoms with Crippen LogP contribution in [0.25, 0.3) is 22.4 Å². The SMILES string of the molecule is CCc1nc(C(C)C)ccc1-c1nc2c(nc1C)c(CCO)cn2C. The van der Waals surface area contributed by atoms with Gasteiger partial charge in [0.2, 0.25) is 0 Å². The Bertz CT molecular complexity index is 912. The Kier molecular flexibility index (Phi) is 4.86. The van der Waals surface area contributed by atoms with Crippen LogP contribution in [0.1, 0.15) is 49.3 Å². The van der Waals surface area contributed by atoms with E-state index in [2.05, 4.69) is 32.9 Å². The van der Waals surface area contributed by atoms with E-state index in [-0.39, 0.29) is 6.61 Å². The zero-order valence-corrected chi connectivity index (χ0v) is 15.7. The summed E-state index contributed by atoms with van der Waals surface area (Å²) in [5, 5.41) is 9.26. The number of fused-ring (bicyclic) bond motifs is 1. The molecule has 5 heteroatoms. The van der Waals surface area contributed by atoms with Crippen LogP contribution in [0.3, 0.4) is 0 Å². The second-order valence-electron chi connectivity index (χ2n) is 6.81. The van der Waals surface area contributed by atoms with Gasteiger partial charge in [-0.25, -0.2) is 9.97 Å². The molecule has 132 valence electrons. The van der Waals surface area contributed by atoms with Gasteiger partial charge >= 0.3 is 0 Å². The molecule has 0 unspecified atom stereocenters. The van der Waals surface area contributed by atoms with Gasteiger partial charge in [-0.05, 0) is 37.8 Å². The molecular formula is C20H26N4O. The smallest absolute Gasteiger partial charge is 0.159 e. The van der Waals surface area contributed by atoms with E-state index < -0.39 is 0 Å². The Morgan fingerprint density at radius 1 is 1.16 bits per heavy atom. The average Bonchev–Trinajstić information content (AvgIpc) is 2.89. The van der Waals surface area contributed by atoms with Gasteiger partial charge < -0.3 is 9.67 Å². The van der Waals surface area contributed by atoms with Crippen molar-refractivity contribution in [1.29, 1.82) is 0 Å². The first-order valence-corrected chi connectivity index (χ1v) is 8.89. The van der Waals surface area contributed by atoms with Crippen LogP contribution in [0.15, 0.2) is 18.3 Å². The summed E-state index contributed by atoms with van der Waals surface area (Å²) in [5.41, 5.74) is 7.77. The molecule has 0 bridgehead atoms. The first-order valence-electron chi connectivity index (χ1n) is 8.89. The van der Waals surface area contributed by atoms with Crippen LogP contribution in [-0.2, 0) is 19.9 Å². The van der Waals surface area contributed by atoms with E-state index in [4.69, 9.17) is 15.0 Å². The fourth-order valence-corrected chi connectivity index (χ4v) is 3.21. The standard InChI is InChI=1S/C20H26N4O/c1-6-16-15(7-8-17(22-16)12(2)3)18-13(4)21-19-14(9-10-25)11-24(5)20(19)23-18/h7-8,11-12,25H,6,9-10H2,1-5H3. The van der Waals surface area contributed by atoms with Gasteiger partial charge in [0, 0.05) is 42.4 Å². The van der Waals surface area contributed by atoms with Crippen molar-refractivity contribution >= 4 is 11.2 Å². The molecule has 3 aromatic rings. The van der Waals surface area contributed by atoms with Crippen LogP contribution >= 0.6 is 0 Å². The first-order chi connectivity index (χ1) is 12.0. The summed E-state index contributed by atoms with van der Waals surface area (Å²) in [7, 11) is 1.97. The van der Waals surface area contributed by atoms with Gasteiger partial charge in [0.05, 0.1) is 11.4 Å². The number of nitrogens with zero attached hydrogens (tertiary/aromatic N) is 4. The van der Waals surface area contributed by atoms with Crippen molar-refractivity contribution in [3.63, 3.8) is 0 Å². The Balaban J connectivity index is 2.19. The molecule has 0 aliphatic heterocycles. The van der Waals surface area contributed by atoms with Crippen LogP contribution in [-0.4, -0.2) is 31.2 Å². The van der Waals surface area contributed by atoms with Crippen LogP contribution in [0.5, 0.6) is 0 Å². The van der Waals surface area contributed by atoms with Crippen molar-refractivity contribution < 1.29 is 5.11 Å². The molecule has 0 amide bonds. The Labute approximate surface area is 148 Å². The lowest BCUT2D eigenvalue weighted by atomic mass is 10.0. The summed E-state index contributed by atoms with van der Waals surface area (Å²) in [6, 6.07) is 4.22. The minimum Gasteiger partial charge on any atom is -0.396 e. The summed E-state index contributed by atoms with van der Waals surface area (Å²) < 4.78 is 1.98. The predicted molar refractivity (Wildman–Crippen MR) is 101 cm³/mol. The van der Waals surface area contributed by atoms with Gasteiger partial charge in [-0.3, -0.25) is 4.98 Å². The fraction of sp³-hybridized carbons (Fsp3) is 0.450. The number of pyridine rings is 1. The number of hydrogen-bond acceptors (Lipinski definition) is 4. The largest absolute Gasteiger partial charge is 0.396 e. The first kappa shape index (κ1) is 17.5. The molecule has 0 aliphatic carbocycles. The maximum Gasteiger partial charge on any atom is 0.159 e. The zero-order chi connectivity index (χ0) is 18.1. The second kappa shape index (κ2) is 6.92. The molecule has 5 nitrogen and oxygen atoms in total. The zero-order valence-electron chi connectivity index (χ0n) is 15.7. The summed E-state index contributed by atoms with van der Waals surface area (Å²) in [4.78, 5) is 14.5. The topological polar surface area (TPSA) is 63.8 Å². The quantitative estimate of drug-likeness (QED) is 0.772. The number of aromatic nitrogens is 4. The number of rotatable bonds is 5. The number of aliphatic hydroxyl groups is 1. The van der Waals surface area contributed by atoms with Crippen LogP contribution in [0.2, 0.25) is 0 Å². The van der Waals surface area contributed by atoms with Gasteiger partial charge in [0.15, 0.2) is 5.65 Å². The molecule has 0 aromatic carbocycles. The molecule has 0 saturated heterocycles. The van der Waals surface area contributed by atoms with Crippen molar-refractivity contribution in [1.82, 2.24) is 19.5 Å². The molecule has 3 aromatic heterocycles. The van der Waals surface area contributed by atoms with Gasteiger partial charge in [0.1, 0.15) is 5.52 Å². The average molecular weight is 338 g/mol. The minimum atomic E-state index is 0.113. The minimum absolute atomic E-state index is 0.113. The van der Waals surface area contributed by atoms with Gasteiger partial charge in [-0.15, -0.1) is 0 Å². The third kappa shape index (κ3) is 3.16. The molecule has 25 heavy (non-hydrogen) atoms. The molecule has 3 rings (SSSR count). The van der Waals surface area contributed by atoms with E-state index in [1.54, 1.807) is 0 Å². The van der Waals surface area contributed by atoms with Crippen LogP contribution < -0.4 is 0 Å². The molecule has 0 saturated carbocycles. The summed E-state index contributed by atoms with van der Waals surface area (Å²) in [6.45, 7) is 8.55. The Morgan fingerprint density at radius 3 is 2.56 bits per heavy atom. The van der Waals surface area contributed by atoms with E-state index in [0.29, 0.717) is 12.3 Å². The third-order valence-corrected chi connectivity index (χ3v) is 4.60. The van der Waals surface area contributed by atoms with Crippen molar-refractivity contribution in [3.8, 4) is 11.3 Å². The number of hydrogen-bond donors (Lipinski definition) is 1. The Morgan fingerprint density at radius 2 is 1.92 bits per heavy atom. The molecule has 0 fully saturated rings. The summed E-state index contributed by atoms with van der Waals surface area (Å²) in [5.74, 6) is 0.405. The van der Waals surface area contributed by atoms with Gasteiger partial charge in [-0.1, -0.05) is 20.8 Å². The fourth-order valence-electron chi connectivity index (χ4n) is 3.21. The number of aryl methyl sites for hydroxylation is 3. The molecule has 0 radical (unpaired) electrons. The number of aliphatic hydroxyl groups excluding tert-OH is 1. The second-order valence-corrected chi connectivity index (χ2v) is 6.81. The Hall–Kier alpha value is -2.27. The van der Waals surface area contributed by atoms with Gasteiger partial charge in [0.25, 0.3) is 0 Å². The van der Waals surface area contributed by atoms with Crippen molar-refractivity contribution in [2.24, 2.45) is 7.05 Å². The van der Waals surface area contributed by atoms with E-state index in [1.807, 2.05) is 24.7 Å². The van der Waals surface area contributed by atoms with Crippen LogP contribution in [0.4, 0.5) is 0 Å². The maximum atomic E-state index is 9.26.